The van der Waals surface area contributed by atoms with Crippen LogP contribution >= 0.6 is 0 Å². The molecule has 2 atom stereocenters. The largest absolute Gasteiger partial charge is 0.507 e. The van der Waals surface area contributed by atoms with Gasteiger partial charge in [0.2, 0.25) is 0 Å². The highest BCUT2D eigenvalue weighted by atomic mass is 16.5. The van der Waals surface area contributed by atoms with Gasteiger partial charge < -0.3 is 19.5 Å². The van der Waals surface area contributed by atoms with E-state index in [2.05, 4.69) is 18.8 Å². The van der Waals surface area contributed by atoms with Gasteiger partial charge in [-0.05, 0) is 61.1 Å². The molecule has 2 aliphatic heterocycles. The fourth-order valence-electron chi connectivity index (χ4n) is 4.33. The van der Waals surface area contributed by atoms with Crippen LogP contribution in [0.1, 0.15) is 49.4 Å². The van der Waals surface area contributed by atoms with Crippen molar-refractivity contribution in [3.05, 3.63) is 65.0 Å². The van der Waals surface area contributed by atoms with Crippen molar-refractivity contribution >= 4 is 17.4 Å². The van der Waals surface area contributed by atoms with Gasteiger partial charge in [0.25, 0.3) is 11.7 Å². The summed E-state index contributed by atoms with van der Waals surface area (Å²) in [6, 6.07) is 8.12. The van der Waals surface area contributed by atoms with Crippen LogP contribution < -0.4 is 4.74 Å². The second-order valence-corrected chi connectivity index (χ2v) is 9.06. The van der Waals surface area contributed by atoms with Gasteiger partial charge >= 0.3 is 0 Å². The number of aliphatic hydroxyl groups excluding tert-OH is 1. The smallest absolute Gasteiger partial charge is 0.295 e. The van der Waals surface area contributed by atoms with E-state index in [0.29, 0.717) is 36.8 Å². The molecule has 7 nitrogen and oxygen atoms in total. The number of amides is 1. The molecule has 33 heavy (non-hydrogen) atoms. The lowest BCUT2D eigenvalue weighted by molar-refractivity contribution is -0.140. The summed E-state index contributed by atoms with van der Waals surface area (Å²) in [6.45, 7) is 7.56. The average Bonchev–Trinajstić information content (AvgIpc) is 3.40. The van der Waals surface area contributed by atoms with Gasteiger partial charge in [0, 0.05) is 31.1 Å². The molecular weight excluding hydrogens is 420 g/mol. The molecule has 1 aromatic carbocycles. The van der Waals surface area contributed by atoms with Crippen molar-refractivity contribution in [2.45, 2.75) is 45.8 Å². The number of aryl methyl sites for hydroxylation is 1. The Balaban J connectivity index is 1.73. The lowest BCUT2D eigenvalue weighted by Crippen LogP contribution is -2.36. The highest BCUT2D eigenvalue weighted by molar-refractivity contribution is 6.46. The van der Waals surface area contributed by atoms with Crippen molar-refractivity contribution in [3.63, 3.8) is 0 Å². The van der Waals surface area contributed by atoms with E-state index in [-0.39, 0.29) is 17.4 Å². The summed E-state index contributed by atoms with van der Waals surface area (Å²) in [6.07, 6.45) is 4.90. The monoisotopic (exact) mass is 450 g/mol. The lowest BCUT2D eigenvalue weighted by atomic mass is 9.95. The number of hydrogen-bond donors (Lipinski definition) is 1. The minimum Gasteiger partial charge on any atom is -0.507 e. The van der Waals surface area contributed by atoms with E-state index >= 15 is 0 Å². The minimum absolute atomic E-state index is 0.0706. The Bertz CT molecular complexity index is 1060. The van der Waals surface area contributed by atoms with Crippen LogP contribution in [0.4, 0.5) is 0 Å². The third kappa shape index (κ3) is 4.78. The van der Waals surface area contributed by atoms with Crippen molar-refractivity contribution in [1.82, 2.24) is 9.88 Å². The minimum atomic E-state index is -0.722. The van der Waals surface area contributed by atoms with E-state index in [4.69, 9.17) is 9.47 Å². The van der Waals surface area contributed by atoms with Crippen LogP contribution in [0, 0.1) is 12.8 Å². The topological polar surface area (TPSA) is 89.0 Å². The van der Waals surface area contributed by atoms with Crippen LogP contribution in [0.15, 0.2) is 48.3 Å². The Morgan fingerprint density at radius 1 is 1.30 bits per heavy atom. The predicted molar refractivity (Wildman–Crippen MR) is 124 cm³/mol. The number of ketones is 1. The molecule has 3 heterocycles. The number of carbonyl (C=O) groups excluding carboxylic acids is 2. The van der Waals surface area contributed by atoms with Gasteiger partial charge in [-0.15, -0.1) is 0 Å². The van der Waals surface area contributed by atoms with Gasteiger partial charge in [-0.2, -0.15) is 0 Å². The summed E-state index contributed by atoms with van der Waals surface area (Å²) < 4.78 is 11.5. The Labute approximate surface area is 194 Å². The molecular formula is C26H30N2O5. The molecule has 0 saturated carbocycles. The van der Waals surface area contributed by atoms with E-state index in [1.54, 1.807) is 36.7 Å². The van der Waals surface area contributed by atoms with E-state index < -0.39 is 17.7 Å². The molecule has 1 aromatic heterocycles. The first-order chi connectivity index (χ1) is 15.9. The van der Waals surface area contributed by atoms with Crippen molar-refractivity contribution in [1.29, 1.82) is 0 Å². The molecule has 0 spiro atoms. The Morgan fingerprint density at radius 3 is 2.76 bits per heavy atom. The normalized spacial score (nSPS) is 22.4. The lowest BCUT2D eigenvalue weighted by Gasteiger charge is -2.27. The van der Waals surface area contributed by atoms with E-state index in [9.17, 15) is 14.7 Å². The number of rotatable bonds is 7. The van der Waals surface area contributed by atoms with Crippen LogP contribution in [-0.2, 0) is 14.3 Å². The number of likely N-dealkylation sites (tertiary alicyclic amines) is 1. The van der Waals surface area contributed by atoms with E-state index in [1.807, 2.05) is 13.0 Å². The van der Waals surface area contributed by atoms with Crippen molar-refractivity contribution < 1.29 is 24.2 Å². The van der Waals surface area contributed by atoms with Crippen molar-refractivity contribution in [3.8, 4) is 5.75 Å². The van der Waals surface area contributed by atoms with Crippen LogP contribution in [0.25, 0.3) is 5.76 Å². The highest BCUT2D eigenvalue weighted by Crippen LogP contribution is 2.40. The molecule has 2 aromatic rings. The molecule has 1 N–H and O–H groups in total. The van der Waals surface area contributed by atoms with Gasteiger partial charge in [-0.3, -0.25) is 14.6 Å². The maximum Gasteiger partial charge on any atom is 0.295 e. The molecule has 2 unspecified atom stereocenters. The maximum absolute atomic E-state index is 13.1. The van der Waals surface area contributed by atoms with Gasteiger partial charge in [0.05, 0.1) is 24.3 Å². The molecule has 2 aliphatic rings. The number of hydrogen-bond acceptors (Lipinski definition) is 6. The third-order valence-electron chi connectivity index (χ3n) is 5.98. The first-order valence-corrected chi connectivity index (χ1v) is 11.4. The average molecular weight is 451 g/mol. The summed E-state index contributed by atoms with van der Waals surface area (Å²) in [4.78, 5) is 31.8. The third-order valence-corrected chi connectivity index (χ3v) is 5.98. The molecule has 174 valence electrons. The number of aromatic nitrogens is 1. The highest BCUT2D eigenvalue weighted by Gasteiger charge is 2.47. The molecule has 0 aliphatic carbocycles. The Kier molecular flexibility index (Phi) is 6.79. The summed E-state index contributed by atoms with van der Waals surface area (Å²) in [5, 5.41) is 11.2. The molecule has 2 fully saturated rings. The van der Waals surface area contributed by atoms with Gasteiger partial charge in [0.1, 0.15) is 11.5 Å². The number of nitrogens with zero attached hydrogens (tertiary/aromatic N) is 2. The summed E-state index contributed by atoms with van der Waals surface area (Å²) in [5.41, 5.74) is 2.05. The second kappa shape index (κ2) is 9.75. The summed E-state index contributed by atoms with van der Waals surface area (Å²) >= 11 is 0. The number of carbonyl (C=O) groups is 2. The molecule has 4 rings (SSSR count). The fraction of sp³-hybridized carbons (Fsp3) is 0.423. The second-order valence-electron chi connectivity index (χ2n) is 9.06. The van der Waals surface area contributed by atoms with Gasteiger partial charge in [0.15, 0.2) is 0 Å². The van der Waals surface area contributed by atoms with Gasteiger partial charge in [-0.1, -0.05) is 19.9 Å². The maximum atomic E-state index is 13.1. The molecule has 2 saturated heterocycles. The van der Waals surface area contributed by atoms with Crippen LogP contribution in [0.2, 0.25) is 0 Å². The van der Waals surface area contributed by atoms with Crippen molar-refractivity contribution in [2.24, 2.45) is 5.92 Å². The number of benzene rings is 1. The molecule has 0 bridgehead atoms. The first kappa shape index (κ1) is 23.0. The number of Topliss-reactive ketones (excluding diaryl/α,β-unsaturated/α-hetero) is 1. The SMILES string of the molecule is Cc1cc(/C(O)=C2/C(=O)C(=O)N(CC3CCCO3)C2c2cccnc2)ccc1OCC(C)C. The molecule has 1 amide bonds. The zero-order valence-corrected chi connectivity index (χ0v) is 19.3. The Morgan fingerprint density at radius 2 is 2.12 bits per heavy atom. The quantitative estimate of drug-likeness (QED) is 0.389. The fourth-order valence-corrected chi connectivity index (χ4v) is 4.33. The van der Waals surface area contributed by atoms with Crippen molar-refractivity contribution in [2.75, 3.05) is 19.8 Å². The van der Waals surface area contributed by atoms with Crippen LogP contribution in [-0.4, -0.2) is 52.5 Å². The zero-order chi connectivity index (χ0) is 23.5. The van der Waals surface area contributed by atoms with Crippen LogP contribution in [0.5, 0.6) is 5.75 Å². The standard InChI is InChI=1S/C26H30N2O5/c1-16(2)15-33-21-9-8-18(12-17(21)3)24(29)22-23(19-6-4-10-27-13-19)28(26(31)25(22)30)14-20-7-5-11-32-20/h4,6,8-10,12-13,16,20,23,29H,5,7,11,14-15H2,1-3H3/b24-22-. The summed E-state index contributed by atoms with van der Waals surface area (Å²) in [7, 11) is 0. The first-order valence-electron chi connectivity index (χ1n) is 11.4. The van der Waals surface area contributed by atoms with Crippen LogP contribution in [0.3, 0.4) is 0 Å². The Hall–Kier alpha value is -3.19. The zero-order valence-electron chi connectivity index (χ0n) is 19.3. The van der Waals surface area contributed by atoms with Gasteiger partial charge in [-0.25, -0.2) is 0 Å². The molecule has 7 heteroatoms. The van der Waals surface area contributed by atoms with E-state index in [1.165, 1.54) is 4.90 Å². The summed E-state index contributed by atoms with van der Waals surface area (Å²) in [5.74, 6) is -0.415. The van der Waals surface area contributed by atoms with E-state index in [0.717, 1.165) is 24.2 Å². The number of pyridine rings is 1. The number of aliphatic hydroxyl groups is 1. The number of ether oxygens (including phenoxy) is 2. The molecule has 0 radical (unpaired) electrons. The predicted octanol–water partition coefficient (Wildman–Crippen LogP) is 4.03.